The van der Waals surface area contributed by atoms with Gasteiger partial charge < -0.3 is 5.32 Å². The highest BCUT2D eigenvalue weighted by molar-refractivity contribution is 9.10. The van der Waals surface area contributed by atoms with Crippen LogP contribution in [-0.2, 0) is 24.2 Å². The zero-order valence-electron chi connectivity index (χ0n) is 11.7. The molecule has 1 atom stereocenters. The lowest BCUT2D eigenvalue weighted by Gasteiger charge is -2.14. The third kappa shape index (κ3) is 3.19. The van der Waals surface area contributed by atoms with Crippen LogP contribution in [0.4, 0.5) is 0 Å². The Bertz CT molecular complexity index is 456. The van der Waals surface area contributed by atoms with Crippen molar-refractivity contribution in [1.29, 1.82) is 0 Å². The number of carbonyl (C=O) groups is 1. The number of nitrogens with one attached hydrogen (secondary N) is 1. The van der Waals surface area contributed by atoms with Crippen molar-refractivity contribution >= 4 is 21.8 Å². The van der Waals surface area contributed by atoms with Gasteiger partial charge in [-0.1, -0.05) is 13.3 Å². The van der Waals surface area contributed by atoms with E-state index in [1.54, 1.807) is 0 Å². The van der Waals surface area contributed by atoms with E-state index in [9.17, 15) is 4.79 Å². The Morgan fingerprint density at radius 1 is 1.42 bits per heavy atom. The van der Waals surface area contributed by atoms with E-state index in [4.69, 9.17) is 0 Å². The molecule has 4 nitrogen and oxygen atoms in total. The monoisotopic (exact) mass is 327 g/mol. The summed E-state index contributed by atoms with van der Waals surface area (Å²) in [5.41, 5.74) is 2.26. The second kappa shape index (κ2) is 6.55. The first-order chi connectivity index (χ1) is 9.17. The minimum atomic E-state index is 0.0884. The molecule has 0 aromatic carbocycles. The van der Waals surface area contributed by atoms with Gasteiger partial charge in [-0.2, -0.15) is 5.10 Å². The number of aromatic nitrogens is 2. The first kappa shape index (κ1) is 14.6. The molecule has 19 heavy (non-hydrogen) atoms. The zero-order chi connectivity index (χ0) is 13.8. The van der Waals surface area contributed by atoms with Crippen LogP contribution in [0.3, 0.4) is 0 Å². The van der Waals surface area contributed by atoms with Gasteiger partial charge in [-0.15, -0.1) is 0 Å². The van der Waals surface area contributed by atoms with Gasteiger partial charge in [-0.3, -0.25) is 9.48 Å². The van der Waals surface area contributed by atoms with Gasteiger partial charge in [-0.25, -0.2) is 0 Å². The van der Waals surface area contributed by atoms with Gasteiger partial charge in [0.05, 0.1) is 15.9 Å². The fraction of sp³-hybridized carbons (Fsp3) is 0.714. The lowest BCUT2D eigenvalue weighted by atomic mass is 9.97. The van der Waals surface area contributed by atoms with Crippen molar-refractivity contribution in [3.63, 3.8) is 0 Å². The Kier molecular flexibility index (Phi) is 5.02. The molecule has 1 saturated heterocycles. The van der Waals surface area contributed by atoms with Crippen LogP contribution in [0, 0.1) is 5.92 Å². The maximum atomic E-state index is 12.0. The van der Waals surface area contributed by atoms with E-state index in [0.29, 0.717) is 0 Å². The van der Waals surface area contributed by atoms with Crippen molar-refractivity contribution in [3.8, 4) is 0 Å². The second-order valence-electron chi connectivity index (χ2n) is 5.06. The molecule has 1 aromatic heterocycles. The summed E-state index contributed by atoms with van der Waals surface area (Å²) in [4.78, 5) is 12.0. The molecule has 5 heteroatoms. The summed E-state index contributed by atoms with van der Waals surface area (Å²) in [6, 6.07) is 0. The van der Waals surface area contributed by atoms with Crippen molar-refractivity contribution in [1.82, 2.24) is 15.1 Å². The minimum Gasteiger partial charge on any atom is -0.356 e. The van der Waals surface area contributed by atoms with E-state index in [0.717, 1.165) is 55.4 Å². The lowest BCUT2D eigenvalue weighted by molar-refractivity contribution is -0.124. The van der Waals surface area contributed by atoms with E-state index < -0.39 is 0 Å². The molecular weight excluding hydrogens is 306 g/mol. The maximum Gasteiger partial charge on any atom is 0.223 e. The second-order valence-corrected chi connectivity index (χ2v) is 5.86. The topological polar surface area (TPSA) is 46.9 Å². The highest BCUT2D eigenvalue weighted by Crippen LogP contribution is 2.27. The van der Waals surface area contributed by atoms with Gasteiger partial charge in [0.15, 0.2) is 0 Å². The lowest BCUT2D eigenvalue weighted by Crippen LogP contribution is -2.30. The fourth-order valence-corrected chi connectivity index (χ4v) is 3.37. The van der Waals surface area contributed by atoms with E-state index in [2.05, 4.69) is 40.2 Å². The van der Waals surface area contributed by atoms with Gasteiger partial charge >= 0.3 is 0 Å². The molecule has 1 aromatic rings. The summed E-state index contributed by atoms with van der Waals surface area (Å²) in [6.45, 7) is 5.87. The van der Waals surface area contributed by atoms with Crippen molar-refractivity contribution in [2.45, 2.75) is 52.5 Å². The Morgan fingerprint density at radius 2 is 2.21 bits per heavy atom. The molecule has 1 amide bonds. The van der Waals surface area contributed by atoms with Gasteiger partial charge in [-0.05, 0) is 42.1 Å². The Hall–Kier alpha value is -0.840. The quantitative estimate of drug-likeness (QED) is 0.924. The standard InChI is InChI=1S/C14H22BrN3O/c1-3-11-13(15)12(18(4-2)17-11)9-10-7-5-6-8-16-14(10)19/h10H,3-9H2,1-2H3,(H,16,19). The van der Waals surface area contributed by atoms with Gasteiger partial charge in [0.1, 0.15) is 0 Å². The SMILES string of the molecule is CCc1nn(CC)c(CC2CCCCNC2=O)c1Br. The summed E-state index contributed by atoms with van der Waals surface area (Å²) in [7, 11) is 0. The molecule has 0 saturated carbocycles. The third-order valence-electron chi connectivity index (χ3n) is 3.78. The first-order valence-corrected chi connectivity index (χ1v) is 7.98. The maximum absolute atomic E-state index is 12.0. The molecule has 2 rings (SSSR count). The molecule has 0 bridgehead atoms. The highest BCUT2D eigenvalue weighted by atomic mass is 79.9. The van der Waals surface area contributed by atoms with Crippen molar-refractivity contribution in [2.75, 3.05) is 6.54 Å². The fourth-order valence-electron chi connectivity index (χ4n) is 2.64. The van der Waals surface area contributed by atoms with Crippen LogP contribution in [0.2, 0.25) is 0 Å². The van der Waals surface area contributed by atoms with Crippen LogP contribution in [0.5, 0.6) is 0 Å². The molecule has 1 unspecified atom stereocenters. The normalized spacial score (nSPS) is 20.2. The average molecular weight is 328 g/mol. The molecule has 1 N–H and O–H groups in total. The van der Waals surface area contributed by atoms with E-state index >= 15 is 0 Å². The summed E-state index contributed by atoms with van der Waals surface area (Å²) >= 11 is 3.65. The Balaban J connectivity index is 2.21. The van der Waals surface area contributed by atoms with Crippen LogP contribution in [-0.4, -0.2) is 22.2 Å². The smallest absolute Gasteiger partial charge is 0.223 e. The Labute approximate surface area is 123 Å². The van der Waals surface area contributed by atoms with Gasteiger partial charge in [0, 0.05) is 25.4 Å². The van der Waals surface area contributed by atoms with Crippen LogP contribution in [0.1, 0.15) is 44.5 Å². The summed E-state index contributed by atoms with van der Waals surface area (Å²) in [5.74, 6) is 0.289. The molecule has 2 heterocycles. The predicted octanol–water partition coefficient (Wildman–Crippen LogP) is 2.69. The minimum absolute atomic E-state index is 0.0884. The molecule has 0 spiro atoms. The largest absolute Gasteiger partial charge is 0.356 e. The number of hydrogen-bond donors (Lipinski definition) is 1. The number of halogens is 1. The Morgan fingerprint density at radius 3 is 2.89 bits per heavy atom. The molecule has 0 radical (unpaired) electrons. The molecule has 1 aliphatic heterocycles. The summed E-state index contributed by atoms with van der Waals surface area (Å²) < 4.78 is 3.12. The molecule has 0 aliphatic carbocycles. The number of aryl methyl sites for hydroxylation is 2. The van der Waals surface area contributed by atoms with Crippen LogP contribution in [0.15, 0.2) is 4.47 Å². The number of hydrogen-bond acceptors (Lipinski definition) is 2. The summed E-state index contributed by atoms with van der Waals surface area (Å²) in [5, 5.41) is 7.61. The zero-order valence-corrected chi connectivity index (χ0v) is 13.3. The van der Waals surface area contributed by atoms with Crippen LogP contribution >= 0.6 is 15.9 Å². The predicted molar refractivity (Wildman–Crippen MR) is 79.0 cm³/mol. The molecular formula is C14H22BrN3O. The molecule has 1 fully saturated rings. The van der Waals surface area contributed by atoms with E-state index in [-0.39, 0.29) is 11.8 Å². The van der Waals surface area contributed by atoms with Crippen LogP contribution < -0.4 is 5.32 Å². The molecule has 106 valence electrons. The van der Waals surface area contributed by atoms with Crippen molar-refractivity contribution in [3.05, 3.63) is 15.9 Å². The highest BCUT2D eigenvalue weighted by Gasteiger charge is 2.24. The summed E-state index contributed by atoms with van der Waals surface area (Å²) in [6.07, 6.45) is 4.90. The number of nitrogens with zero attached hydrogens (tertiary/aromatic N) is 2. The number of amides is 1. The average Bonchev–Trinajstić information content (AvgIpc) is 2.57. The van der Waals surface area contributed by atoms with Gasteiger partial charge in [0.2, 0.25) is 5.91 Å². The van der Waals surface area contributed by atoms with Crippen molar-refractivity contribution in [2.24, 2.45) is 5.92 Å². The molecule has 1 aliphatic rings. The number of carbonyl (C=O) groups excluding carboxylic acids is 1. The van der Waals surface area contributed by atoms with E-state index in [1.807, 2.05) is 4.68 Å². The van der Waals surface area contributed by atoms with Crippen LogP contribution in [0.25, 0.3) is 0 Å². The van der Waals surface area contributed by atoms with E-state index in [1.165, 1.54) is 5.69 Å². The van der Waals surface area contributed by atoms with Crippen molar-refractivity contribution < 1.29 is 4.79 Å². The number of rotatable bonds is 4. The third-order valence-corrected chi connectivity index (χ3v) is 4.70. The first-order valence-electron chi connectivity index (χ1n) is 7.19. The van der Waals surface area contributed by atoms with Gasteiger partial charge in [0.25, 0.3) is 0 Å².